The Balaban J connectivity index is 2.23. The molecule has 1 aliphatic rings. The van der Waals surface area contributed by atoms with Crippen molar-refractivity contribution in [1.82, 2.24) is 5.32 Å². The standard InChI is InChI=1S/C10H13N3O/c1-7-6-13(10(14)12-7)9-4-2-8(11)3-5-9/h2-5,7H,6,11H2,1H3,(H,12,14). The maximum atomic E-state index is 11.5. The van der Waals surface area contributed by atoms with Gasteiger partial charge in [-0.1, -0.05) is 0 Å². The highest BCUT2D eigenvalue weighted by Crippen LogP contribution is 2.19. The van der Waals surface area contributed by atoms with Crippen molar-refractivity contribution in [2.75, 3.05) is 17.2 Å². The van der Waals surface area contributed by atoms with Crippen molar-refractivity contribution >= 4 is 17.4 Å². The van der Waals surface area contributed by atoms with Gasteiger partial charge in [-0.15, -0.1) is 0 Å². The van der Waals surface area contributed by atoms with Crippen LogP contribution in [0.25, 0.3) is 0 Å². The molecule has 1 unspecified atom stereocenters. The fourth-order valence-electron chi connectivity index (χ4n) is 1.57. The summed E-state index contributed by atoms with van der Waals surface area (Å²) in [6, 6.07) is 7.47. The van der Waals surface area contributed by atoms with Gasteiger partial charge in [-0.05, 0) is 31.2 Å². The zero-order valence-electron chi connectivity index (χ0n) is 8.03. The van der Waals surface area contributed by atoms with E-state index >= 15 is 0 Å². The van der Waals surface area contributed by atoms with Gasteiger partial charge in [0.05, 0.1) is 0 Å². The van der Waals surface area contributed by atoms with Gasteiger partial charge in [-0.2, -0.15) is 0 Å². The van der Waals surface area contributed by atoms with Crippen molar-refractivity contribution in [1.29, 1.82) is 0 Å². The predicted molar refractivity (Wildman–Crippen MR) is 56.2 cm³/mol. The lowest BCUT2D eigenvalue weighted by Gasteiger charge is -2.14. The highest BCUT2D eigenvalue weighted by Gasteiger charge is 2.26. The number of nitrogens with zero attached hydrogens (tertiary/aromatic N) is 1. The number of benzene rings is 1. The highest BCUT2D eigenvalue weighted by molar-refractivity contribution is 5.94. The predicted octanol–water partition coefficient (Wildman–Crippen LogP) is 1.19. The summed E-state index contributed by atoms with van der Waals surface area (Å²) in [4.78, 5) is 13.2. The van der Waals surface area contributed by atoms with Gasteiger partial charge in [-0.25, -0.2) is 4.79 Å². The minimum Gasteiger partial charge on any atom is -0.399 e. The van der Waals surface area contributed by atoms with Gasteiger partial charge in [0, 0.05) is 24.0 Å². The van der Waals surface area contributed by atoms with Gasteiger partial charge in [0.1, 0.15) is 0 Å². The van der Waals surface area contributed by atoms with Crippen molar-refractivity contribution in [3.05, 3.63) is 24.3 Å². The number of anilines is 2. The van der Waals surface area contributed by atoms with Crippen LogP contribution in [-0.4, -0.2) is 18.6 Å². The van der Waals surface area contributed by atoms with Gasteiger partial charge < -0.3 is 11.1 Å². The minimum absolute atomic E-state index is 0.0396. The van der Waals surface area contributed by atoms with E-state index in [2.05, 4.69) is 5.32 Å². The Kier molecular flexibility index (Phi) is 2.04. The second-order valence-electron chi connectivity index (χ2n) is 3.55. The van der Waals surface area contributed by atoms with Crippen LogP contribution >= 0.6 is 0 Å². The summed E-state index contributed by atoms with van der Waals surface area (Å²) in [5, 5.41) is 2.84. The van der Waals surface area contributed by atoms with Crippen molar-refractivity contribution in [2.24, 2.45) is 0 Å². The average Bonchev–Trinajstić information content (AvgIpc) is 2.47. The number of amides is 2. The van der Waals surface area contributed by atoms with E-state index in [9.17, 15) is 4.79 Å². The topological polar surface area (TPSA) is 58.4 Å². The zero-order chi connectivity index (χ0) is 10.1. The molecule has 1 aromatic carbocycles. The summed E-state index contributed by atoms with van der Waals surface area (Å²) in [7, 11) is 0. The molecule has 4 heteroatoms. The van der Waals surface area contributed by atoms with Crippen LogP contribution < -0.4 is 16.0 Å². The number of rotatable bonds is 1. The first-order chi connectivity index (χ1) is 6.66. The van der Waals surface area contributed by atoms with Crippen LogP contribution in [0.4, 0.5) is 16.2 Å². The smallest absolute Gasteiger partial charge is 0.322 e. The number of hydrogen-bond donors (Lipinski definition) is 2. The number of carbonyl (C=O) groups excluding carboxylic acids is 1. The van der Waals surface area contributed by atoms with Crippen LogP contribution in [0.5, 0.6) is 0 Å². The van der Waals surface area contributed by atoms with E-state index < -0.39 is 0 Å². The van der Waals surface area contributed by atoms with Crippen LogP contribution in [-0.2, 0) is 0 Å². The molecule has 0 saturated carbocycles. The Hall–Kier alpha value is -1.71. The molecule has 1 heterocycles. The molecule has 1 fully saturated rings. The molecule has 2 rings (SSSR count). The van der Waals surface area contributed by atoms with Crippen LogP contribution in [0.2, 0.25) is 0 Å². The number of nitrogens with one attached hydrogen (secondary N) is 1. The molecular formula is C10H13N3O. The van der Waals surface area contributed by atoms with E-state index in [0.29, 0.717) is 12.2 Å². The average molecular weight is 191 g/mol. The Bertz CT molecular complexity index is 347. The Morgan fingerprint density at radius 2 is 2.07 bits per heavy atom. The second-order valence-corrected chi connectivity index (χ2v) is 3.55. The van der Waals surface area contributed by atoms with Crippen LogP contribution in [0, 0.1) is 0 Å². The fraction of sp³-hybridized carbons (Fsp3) is 0.300. The second kappa shape index (κ2) is 3.21. The molecule has 0 spiro atoms. The monoisotopic (exact) mass is 191 g/mol. The molecule has 4 nitrogen and oxygen atoms in total. The number of nitrogen functional groups attached to an aromatic ring is 1. The first-order valence-electron chi connectivity index (χ1n) is 4.60. The molecule has 3 N–H and O–H groups in total. The summed E-state index contributed by atoms with van der Waals surface area (Å²) in [6.45, 7) is 2.69. The van der Waals surface area contributed by atoms with Gasteiger partial charge in [0.25, 0.3) is 0 Å². The van der Waals surface area contributed by atoms with Gasteiger partial charge in [0.15, 0.2) is 0 Å². The molecule has 1 aliphatic heterocycles. The van der Waals surface area contributed by atoms with E-state index in [1.54, 1.807) is 17.0 Å². The maximum absolute atomic E-state index is 11.5. The van der Waals surface area contributed by atoms with E-state index in [-0.39, 0.29) is 12.1 Å². The van der Waals surface area contributed by atoms with Gasteiger partial charge in [0.2, 0.25) is 0 Å². The van der Waals surface area contributed by atoms with Crippen molar-refractivity contribution in [2.45, 2.75) is 13.0 Å². The lowest BCUT2D eigenvalue weighted by molar-refractivity contribution is 0.251. The van der Waals surface area contributed by atoms with E-state index in [4.69, 9.17) is 5.73 Å². The zero-order valence-corrected chi connectivity index (χ0v) is 8.03. The number of nitrogens with two attached hydrogens (primary N) is 1. The maximum Gasteiger partial charge on any atom is 0.322 e. The molecule has 0 radical (unpaired) electrons. The van der Waals surface area contributed by atoms with Crippen LogP contribution in [0.1, 0.15) is 6.92 Å². The molecule has 0 bridgehead atoms. The summed E-state index contributed by atoms with van der Waals surface area (Å²) < 4.78 is 0. The molecular weight excluding hydrogens is 178 g/mol. The van der Waals surface area contributed by atoms with Gasteiger partial charge in [-0.3, -0.25) is 4.90 Å². The fourth-order valence-corrected chi connectivity index (χ4v) is 1.57. The molecule has 0 aliphatic carbocycles. The third-order valence-electron chi connectivity index (χ3n) is 2.28. The Morgan fingerprint density at radius 3 is 2.57 bits per heavy atom. The number of hydrogen-bond acceptors (Lipinski definition) is 2. The first-order valence-corrected chi connectivity index (χ1v) is 4.60. The quantitative estimate of drug-likeness (QED) is 0.655. The highest BCUT2D eigenvalue weighted by atomic mass is 16.2. The molecule has 0 aromatic heterocycles. The first kappa shape index (κ1) is 8.87. The number of urea groups is 1. The normalized spacial score (nSPS) is 21.1. The Morgan fingerprint density at radius 1 is 1.43 bits per heavy atom. The molecule has 1 saturated heterocycles. The van der Waals surface area contributed by atoms with Crippen molar-refractivity contribution in [3.63, 3.8) is 0 Å². The minimum atomic E-state index is -0.0396. The summed E-state index contributed by atoms with van der Waals surface area (Å²) in [5.74, 6) is 0. The third-order valence-corrected chi connectivity index (χ3v) is 2.28. The summed E-state index contributed by atoms with van der Waals surface area (Å²) in [5.41, 5.74) is 7.17. The summed E-state index contributed by atoms with van der Waals surface area (Å²) in [6.07, 6.45) is 0. The molecule has 2 amide bonds. The Labute approximate surface area is 82.7 Å². The van der Waals surface area contributed by atoms with E-state index in [1.165, 1.54) is 0 Å². The summed E-state index contributed by atoms with van der Waals surface area (Å²) >= 11 is 0. The largest absolute Gasteiger partial charge is 0.399 e. The van der Waals surface area contributed by atoms with E-state index in [0.717, 1.165) is 5.69 Å². The van der Waals surface area contributed by atoms with Crippen LogP contribution in [0.15, 0.2) is 24.3 Å². The number of carbonyl (C=O) groups is 1. The molecule has 74 valence electrons. The van der Waals surface area contributed by atoms with Crippen molar-refractivity contribution < 1.29 is 4.79 Å². The SMILES string of the molecule is CC1CN(c2ccc(N)cc2)C(=O)N1. The van der Waals surface area contributed by atoms with Crippen LogP contribution in [0.3, 0.4) is 0 Å². The van der Waals surface area contributed by atoms with Crippen molar-refractivity contribution in [3.8, 4) is 0 Å². The molecule has 1 atom stereocenters. The molecule has 14 heavy (non-hydrogen) atoms. The third kappa shape index (κ3) is 1.51. The van der Waals surface area contributed by atoms with E-state index in [1.807, 2.05) is 19.1 Å². The molecule has 1 aromatic rings. The lowest BCUT2D eigenvalue weighted by Crippen LogP contribution is -2.27. The van der Waals surface area contributed by atoms with Gasteiger partial charge >= 0.3 is 6.03 Å². The lowest BCUT2D eigenvalue weighted by atomic mass is 10.2.